The molecule has 2 aliphatic heterocycles. The molecular weight excluding hydrogens is 442 g/mol. The van der Waals surface area contributed by atoms with Crippen LogP contribution in [-0.4, -0.2) is 42.0 Å². The second kappa shape index (κ2) is 9.36. The van der Waals surface area contributed by atoms with Crippen LogP contribution in [0.15, 0.2) is 66.9 Å². The van der Waals surface area contributed by atoms with Gasteiger partial charge in [-0.05, 0) is 81.2 Å². The van der Waals surface area contributed by atoms with Crippen LogP contribution in [0.2, 0.25) is 5.02 Å². The van der Waals surface area contributed by atoms with Crippen LogP contribution >= 0.6 is 11.6 Å². The van der Waals surface area contributed by atoms with Gasteiger partial charge in [-0.15, -0.1) is 0 Å². The molecule has 1 saturated heterocycles. The molecule has 0 saturated carbocycles. The van der Waals surface area contributed by atoms with Crippen molar-refractivity contribution in [1.82, 2.24) is 9.88 Å². The maximum atomic E-state index is 13.5. The summed E-state index contributed by atoms with van der Waals surface area (Å²) in [6.07, 6.45) is 8.19. The first kappa shape index (κ1) is 22.8. The Morgan fingerprint density at radius 3 is 2.56 bits per heavy atom. The molecule has 0 aliphatic carbocycles. The third-order valence-electron chi connectivity index (χ3n) is 7.23. The minimum atomic E-state index is -0.0465. The van der Waals surface area contributed by atoms with E-state index in [1.165, 1.54) is 16.7 Å². The van der Waals surface area contributed by atoms with Crippen molar-refractivity contribution in [3.63, 3.8) is 0 Å². The minimum absolute atomic E-state index is 0.0365. The second-order valence-electron chi connectivity index (χ2n) is 9.63. The van der Waals surface area contributed by atoms with E-state index in [0.717, 1.165) is 48.9 Å². The molecule has 2 aliphatic rings. The number of hydrogen-bond donors (Lipinski definition) is 0. The second-order valence-corrected chi connectivity index (χ2v) is 10.1. The number of carbonyl (C=O) groups is 1. The average Bonchev–Trinajstić information content (AvgIpc) is 3.14. The summed E-state index contributed by atoms with van der Waals surface area (Å²) in [4.78, 5) is 22.2. The molecule has 1 aromatic heterocycles. The lowest BCUT2D eigenvalue weighted by atomic mass is 9.74. The van der Waals surface area contributed by atoms with E-state index in [9.17, 15) is 4.79 Å². The van der Waals surface area contributed by atoms with Crippen molar-refractivity contribution in [3.05, 3.63) is 99.8 Å². The number of hydrogen-bond acceptors (Lipinski definition) is 3. The summed E-state index contributed by atoms with van der Waals surface area (Å²) in [6.45, 7) is 7.67. The van der Waals surface area contributed by atoms with Gasteiger partial charge in [0.1, 0.15) is 0 Å². The molecule has 1 fully saturated rings. The Labute approximate surface area is 206 Å². The van der Waals surface area contributed by atoms with E-state index in [4.69, 9.17) is 11.6 Å². The van der Waals surface area contributed by atoms with Crippen LogP contribution in [-0.2, 0) is 5.41 Å². The Bertz CT molecular complexity index is 1230. The number of aromatic nitrogens is 1. The Morgan fingerprint density at radius 1 is 1.06 bits per heavy atom. The number of nitrogens with zero attached hydrogens (tertiary/aromatic N) is 3. The summed E-state index contributed by atoms with van der Waals surface area (Å²) in [6, 6.07) is 18.3. The molecule has 0 radical (unpaired) electrons. The van der Waals surface area contributed by atoms with E-state index in [1.807, 2.05) is 30.0 Å². The topological polar surface area (TPSA) is 36.4 Å². The summed E-state index contributed by atoms with van der Waals surface area (Å²) < 4.78 is 0. The summed E-state index contributed by atoms with van der Waals surface area (Å²) in [7, 11) is 0. The highest BCUT2D eigenvalue weighted by Crippen LogP contribution is 2.48. The zero-order valence-corrected chi connectivity index (χ0v) is 20.6. The summed E-state index contributed by atoms with van der Waals surface area (Å²) in [5.41, 5.74) is 6.22. The van der Waals surface area contributed by atoms with E-state index in [0.29, 0.717) is 12.1 Å². The molecule has 34 heavy (non-hydrogen) atoms. The molecule has 2 aromatic carbocycles. The maximum absolute atomic E-state index is 13.5. The molecule has 0 atom stereocenters. The van der Waals surface area contributed by atoms with Crippen molar-refractivity contribution < 1.29 is 4.79 Å². The van der Waals surface area contributed by atoms with Crippen LogP contribution in [0, 0.1) is 13.8 Å². The fourth-order valence-electron chi connectivity index (χ4n) is 5.26. The smallest absolute Gasteiger partial charge is 0.258 e. The van der Waals surface area contributed by atoms with Crippen LogP contribution < -0.4 is 4.90 Å². The third-order valence-corrected chi connectivity index (χ3v) is 7.47. The van der Waals surface area contributed by atoms with Crippen LogP contribution in [0.1, 0.15) is 45.6 Å². The van der Waals surface area contributed by atoms with Gasteiger partial charge in [-0.3, -0.25) is 14.7 Å². The standard InChI is InChI=1S/C29H30ClN3O/c1-21-5-7-23(8-6-21)4-3-15-32-16-12-29(13-17-32)20-33(27-10-9-25(30)19-26(27)29)28(34)24-11-14-31-22(2)18-24/h3-11,14,18-19H,12-13,15-17,20H2,1-2H3. The zero-order chi connectivity index (χ0) is 23.7. The lowest BCUT2D eigenvalue weighted by molar-refractivity contribution is 0.0977. The van der Waals surface area contributed by atoms with Gasteiger partial charge in [0.15, 0.2) is 0 Å². The maximum Gasteiger partial charge on any atom is 0.258 e. The molecule has 0 bridgehead atoms. The van der Waals surface area contributed by atoms with E-state index < -0.39 is 0 Å². The average molecular weight is 472 g/mol. The molecule has 5 heteroatoms. The number of piperidine rings is 1. The highest BCUT2D eigenvalue weighted by atomic mass is 35.5. The Morgan fingerprint density at radius 2 is 1.82 bits per heavy atom. The van der Waals surface area contributed by atoms with E-state index in [-0.39, 0.29) is 11.3 Å². The number of anilines is 1. The van der Waals surface area contributed by atoms with Gasteiger partial charge >= 0.3 is 0 Å². The van der Waals surface area contributed by atoms with Crippen LogP contribution in [0.4, 0.5) is 5.69 Å². The number of benzene rings is 2. The van der Waals surface area contributed by atoms with Gasteiger partial charge in [0, 0.05) is 46.7 Å². The quantitative estimate of drug-likeness (QED) is 0.464. The number of fused-ring (bicyclic) bond motifs is 2. The van der Waals surface area contributed by atoms with Gasteiger partial charge in [0.25, 0.3) is 5.91 Å². The summed E-state index contributed by atoms with van der Waals surface area (Å²) >= 11 is 6.42. The van der Waals surface area contributed by atoms with E-state index in [2.05, 4.69) is 59.3 Å². The fraction of sp³-hybridized carbons (Fsp3) is 0.310. The van der Waals surface area contributed by atoms with Crippen molar-refractivity contribution >= 4 is 29.3 Å². The van der Waals surface area contributed by atoms with Crippen LogP contribution in [0.25, 0.3) is 6.08 Å². The lowest BCUT2D eigenvalue weighted by Gasteiger charge is -2.39. The highest BCUT2D eigenvalue weighted by Gasteiger charge is 2.46. The zero-order valence-electron chi connectivity index (χ0n) is 19.8. The van der Waals surface area contributed by atoms with Gasteiger partial charge in [-0.1, -0.05) is 53.6 Å². The summed E-state index contributed by atoms with van der Waals surface area (Å²) in [5.74, 6) is 0.0365. The Balaban J connectivity index is 1.31. The van der Waals surface area contributed by atoms with Crippen molar-refractivity contribution in [1.29, 1.82) is 0 Å². The number of carbonyl (C=O) groups excluding carboxylic acids is 1. The van der Waals surface area contributed by atoms with Gasteiger partial charge in [0.2, 0.25) is 0 Å². The first-order chi connectivity index (χ1) is 16.4. The summed E-state index contributed by atoms with van der Waals surface area (Å²) in [5, 5.41) is 0.732. The van der Waals surface area contributed by atoms with Crippen molar-refractivity contribution in [2.24, 2.45) is 0 Å². The van der Waals surface area contributed by atoms with Crippen LogP contribution in [0.5, 0.6) is 0 Å². The predicted molar refractivity (Wildman–Crippen MR) is 140 cm³/mol. The molecule has 4 nitrogen and oxygen atoms in total. The number of amides is 1. The van der Waals surface area contributed by atoms with Crippen molar-refractivity contribution in [2.45, 2.75) is 32.1 Å². The molecule has 1 spiro atoms. The normalized spacial score (nSPS) is 17.4. The number of likely N-dealkylation sites (tertiary alicyclic amines) is 1. The van der Waals surface area contributed by atoms with Gasteiger partial charge in [0.05, 0.1) is 0 Å². The van der Waals surface area contributed by atoms with Gasteiger partial charge in [-0.25, -0.2) is 0 Å². The van der Waals surface area contributed by atoms with Crippen LogP contribution in [0.3, 0.4) is 0 Å². The largest absolute Gasteiger partial charge is 0.307 e. The fourth-order valence-corrected chi connectivity index (χ4v) is 5.44. The van der Waals surface area contributed by atoms with E-state index >= 15 is 0 Å². The first-order valence-corrected chi connectivity index (χ1v) is 12.3. The lowest BCUT2D eigenvalue weighted by Crippen LogP contribution is -2.46. The molecule has 0 unspecified atom stereocenters. The first-order valence-electron chi connectivity index (χ1n) is 11.9. The van der Waals surface area contributed by atoms with Crippen molar-refractivity contribution in [2.75, 3.05) is 31.1 Å². The molecule has 174 valence electrons. The number of aryl methyl sites for hydroxylation is 2. The SMILES string of the molecule is Cc1ccc(C=CCN2CCC3(CC2)CN(C(=O)c2ccnc(C)c2)c2ccc(Cl)cc23)cc1. The number of rotatable bonds is 4. The van der Waals surface area contributed by atoms with E-state index in [1.54, 1.807) is 12.3 Å². The molecule has 3 aromatic rings. The Hall–Kier alpha value is -2.95. The number of halogens is 1. The minimum Gasteiger partial charge on any atom is -0.307 e. The molecular formula is C29H30ClN3O. The molecule has 5 rings (SSSR count). The third kappa shape index (κ3) is 4.53. The molecule has 1 amide bonds. The number of pyridine rings is 1. The predicted octanol–water partition coefficient (Wildman–Crippen LogP) is 6.06. The van der Waals surface area contributed by atoms with Gasteiger partial charge in [-0.2, -0.15) is 0 Å². The van der Waals surface area contributed by atoms with Gasteiger partial charge < -0.3 is 4.90 Å². The Kier molecular flexibility index (Phi) is 6.28. The monoisotopic (exact) mass is 471 g/mol. The van der Waals surface area contributed by atoms with Crippen molar-refractivity contribution in [3.8, 4) is 0 Å². The molecule has 3 heterocycles. The molecule has 0 N–H and O–H groups in total. The highest BCUT2D eigenvalue weighted by molar-refractivity contribution is 6.30.